The molecule has 0 saturated carbocycles. The third-order valence-corrected chi connectivity index (χ3v) is 2.64. The molecule has 5 heteroatoms. The number of benzene rings is 1. The Kier molecular flexibility index (Phi) is 5.01. The summed E-state index contributed by atoms with van der Waals surface area (Å²) < 4.78 is 5.53. The SMILES string of the molecule is CC[C@H](C)COc1ccc(B(O)O)cc1C#N. The summed E-state index contributed by atoms with van der Waals surface area (Å²) in [5, 5.41) is 26.9. The van der Waals surface area contributed by atoms with Crippen LogP contribution in [0.25, 0.3) is 0 Å². The van der Waals surface area contributed by atoms with Crippen molar-refractivity contribution in [2.75, 3.05) is 6.61 Å². The van der Waals surface area contributed by atoms with Gasteiger partial charge < -0.3 is 14.8 Å². The van der Waals surface area contributed by atoms with Gasteiger partial charge in [-0.05, 0) is 23.5 Å². The number of hydrogen-bond donors (Lipinski definition) is 2. The number of rotatable bonds is 5. The Balaban J connectivity index is 2.83. The average molecular weight is 233 g/mol. The maximum absolute atomic E-state index is 9.00. The molecule has 4 nitrogen and oxygen atoms in total. The Hall–Kier alpha value is -1.51. The molecule has 0 aliphatic carbocycles. The van der Waals surface area contributed by atoms with E-state index in [1.165, 1.54) is 12.1 Å². The largest absolute Gasteiger partial charge is 0.492 e. The fourth-order valence-corrected chi connectivity index (χ4v) is 1.27. The van der Waals surface area contributed by atoms with Gasteiger partial charge in [0.05, 0.1) is 12.2 Å². The minimum atomic E-state index is -1.56. The van der Waals surface area contributed by atoms with Gasteiger partial charge in [0.2, 0.25) is 0 Å². The van der Waals surface area contributed by atoms with Crippen LogP contribution in [0.15, 0.2) is 18.2 Å². The summed E-state index contributed by atoms with van der Waals surface area (Å²) in [5.41, 5.74) is 0.608. The molecule has 17 heavy (non-hydrogen) atoms. The van der Waals surface area contributed by atoms with Gasteiger partial charge in [-0.25, -0.2) is 0 Å². The van der Waals surface area contributed by atoms with E-state index in [1.54, 1.807) is 6.07 Å². The summed E-state index contributed by atoms with van der Waals surface area (Å²) in [6.45, 7) is 4.69. The molecule has 2 N–H and O–H groups in total. The number of ether oxygens (including phenoxy) is 1. The molecule has 0 unspecified atom stereocenters. The summed E-state index contributed by atoms with van der Waals surface area (Å²) >= 11 is 0. The summed E-state index contributed by atoms with van der Waals surface area (Å²) in [6.07, 6.45) is 1.01. The average Bonchev–Trinajstić information content (AvgIpc) is 2.35. The summed E-state index contributed by atoms with van der Waals surface area (Å²) in [7, 11) is -1.56. The topological polar surface area (TPSA) is 73.5 Å². The smallest absolute Gasteiger partial charge is 0.488 e. The molecule has 0 amide bonds. The van der Waals surface area contributed by atoms with Crippen molar-refractivity contribution in [1.29, 1.82) is 5.26 Å². The second kappa shape index (κ2) is 6.28. The molecule has 1 rings (SSSR count). The van der Waals surface area contributed by atoms with Crippen LogP contribution in [-0.2, 0) is 0 Å². The predicted molar refractivity (Wildman–Crippen MR) is 65.9 cm³/mol. The van der Waals surface area contributed by atoms with Crippen LogP contribution < -0.4 is 10.2 Å². The van der Waals surface area contributed by atoms with Gasteiger partial charge in [-0.2, -0.15) is 5.26 Å². The lowest BCUT2D eigenvalue weighted by Crippen LogP contribution is -2.29. The summed E-state index contributed by atoms with van der Waals surface area (Å²) in [4.78, 5) is 0. The van der Waals surface area contributed by atoms with Gasteiger partial charge in [0.15, 0.2) is 0 Å². The lowest BCUT2D eigenvalue weighted by atomic mass is 9.79. The fourth-order valence-electron chi connectivity index (χ4n) is 1.27. The molecule has 0 heterocycles. The highest BCUT2D eigenvalue weighted by atomic mass is 16.5. The van der Waals surface area contributed by atoms with Crippen molar-refractivity contribution in [3.8, 4) is 11.8 Å². The van der Waals surface area contributed by atoms with Gasteiger partial charge in [0.25, 0.3) is 0 Å². The third kappa shape index (κ3) is 3.77. The fraction of sp³-hybridized carbons (Fsp3) is 0.417. The second-order valence-corrected chi connectivity index (χ2v) is 4.07. The van der Waals surface area contributed by atoms with Crippen molar-refractivity contribution in [3.05, 3.63) is 23.8 Å². The third-order valence-electron chi connectivity index (χ3n) is 2.64. The van der Waals surface area contributed by atoms with Crippen LogP contribution in [0.1, 0.15) is 25.8 Å². The minimum Gasteiger partial charge on any atom is -0.492 e. The van der Waals surface area contributed by atoms with Crippen molar-refractivity contribution in [2.45, 2.75) is 20.3 Å². The molecule has 0 aliphatic rings. The highest BCUT2D eigenvalue weighted by Gasteiger charge is 2.14. The lowest BCUT2D eigenvalue weighted by molar-refractivity contribution is 0.256. The zero-order valence-electron chi connectivity index (χ0n) is 10.1. The molecule has 90 valence electrons. The van der Waals surface area contributed by atoms with Crippen LogP contribution in [0, 0.1) is 17.2 Å². The second-order valence-electron chi connectivity index (χ2n) is 4.07. The highest BCUT2D eigenvalue weighted by Crippen LogP contribution is 2.17. The van der Waals surface area contributed by atoms with Gasteiger partial charge in [-0.3, -0.25) is 0 Å². The Bertz CT molecular complexity index is 415. The molecular formula is C12H16BNO3. The molecule has 1 aromatic rings. The van der Waals surface area contributed by atoms with Crippen LogP contribution in [0.3, 0.4) is 0 Å². The monoisotopic (exact) mass is 233 g/mol. The van der Waals surface area contributed by atoms with Crippen LogP contribution in [0.2, 0.25) is 0 Å². The molecule has 0 aliphatic heterocycles. The van der Waals surface area contributed by atoms with Crippen LogP contribution in [0.4, 0.5) is 0 Å². The quantitative estimate of drug-likeness (QED) is 0.733. The molecule has 0 bridgehead atoms. The first-order chi connectivity index (χ1) is 8.08. The molecule has 0 radical (unpaired) electrons. The van der Waals surface area contributed by atoms with Gasteiger partial charge in [0, 0.05) is 0 Å². The Morgan fingerprint density at radius 3 is 2.71 bits per heavy atom. The van der Waals surface area contributed by atoms with Gasteiger partial charge in [-0.1, -0.05) is 26.3 Å². The van der Waals surface area contributed by atoms with Crippen molar-refractivity contribution in [3.63, 3.8) is 0 Å². The standard InChI is InChI=1S/C12H16BNO3/c1-3-9(2)8-17-12-5-4-11(13(15)16)6-10(12)7-14/h4-6,9,15-16H,3,8H2,1-2H3/t9-/m0/s1. The number of hydrogen-bond acceptors (Lipinski definition) is 4. The van der Waals surface area contributed by atoms with E-state index in [4.69, 9.17) is 20.0 Å². The Labute approximate surface area is 102 Å². The Morgan fingerprint density at radius 1 is 1.47 bits per heavy atom. The predicted octanol–water partition coefficient (Wildman–Crippen LogP) is 0.663. The maximum atomic E-state index is 9.00. The number of nitrogens with zero attached hydrogens (tertiary/aromatic N) is 1. The molecular weight excluding hydrogens is 217 g/mol. The van der Waals surface area contributed by atoms with Gasteiger partial charge >= 0.3 is 7.12 Å². The maximum Gasteiger partial charge on any atom is 0.488 e. The lowest BCUT2D eigenvalue weighted by Gasteiger charge is -2.12. The first-order valence-electron chi connectivity index (χ1n) is 5.61. The van der Waals surface area contributed by atoms with E-state index >= 15 is 0 Å². The Morgan fingerprint density at radius 2 is 2.18 bits per heavy atom. The van der Waals surface area contributed by atoms with E-state index in [0.717, 1.165) is 6.42 Å². The normalized spacial score (nSPS) is 11.7. The summed E-state index contributed by atoms with van der Waals surface area (Å²) in [5.74, 6) is 0.904. The summed E-state index contributed by atoms with van der Waals surface area (Å²) in [6, 6.07) is 6.54. The van der Waals surface area contributed by atoms with Crippen molar-refractivity contribution in [1.82, 2.24) is 0 Å². The molecule has 0 spiro atoms. The van der Waals surface area contributed by atoms with E-state index in [0.29, 0.717) is 23.8 Å². The molecule has 1 atom stereocenters. The van der Waals surface area contributed by atoms with E-state index in [1.807, 2.05) is 6.07 Å². The van der Waals surface area contributed by atoms with E-state index in [9.17, 15) is 0 Å². The molecule has 0 fully saturated rings. The zero-order chi connectivity index (χ0) is 12.8. The highest BCUT2D eigenvalue weighted by molar-refractivity contribution is 6.58. The minimum absolute atomic E-state index is 0.289. The van der Waals surface area contributed by atoms with E-state index in [2.05, 4.69) is 13.8 Å². The zero-order valence-corrected chi connectivity index (χ0v) is 10.1. The van der Waals surface area contributed by atoms with Crippen LogP contribution in [0.5, 0.6) is 5.75 Å². The van der Waals surface area contributed by atoms with E-state index < -0.39 is 7.12 Å². The van der Waals surface area contributed by atoms with Crippen molar-refractivity contribution < 1.29 is 14.8 Å². The first kappa shape index (κ1) is 13.6. The van der Waals surface area contributed by atoms with Crippen molar-refractivity contribution in [2.24, 2.45) is 5.92 Å². The molecule has 1 aromatic carbocycles. The number of nitriles is 1. The van der Waals surface area contributed by atoms with Crippen LogP contribution in [-0.4, -0.2) is 23.8 Å². The molecule has 0 saturated heterocycles. The van der Waals surface area contributed by atoms with Crippen LogP contribution >= 0.6 is 0 Å². The van der Waals surface area contributed by atoms with Crippen molar-refractivity contribution >= 4 is 12.6 Å². The molecule has 0 aromatic heterocycles. The van der Waals surface area contributed by atoms with Gasteiger partial charge in [0.1, 0.15) is 11.8 Å². The van der Waals surface area contributed by atoms with Gasteiger partial charge in [-0.15, -0.1) is 0 Å². The van der Waals surface area contributed by atoms with E-state index in [-0.39, 0.29) is 5.46 Å². The first-order valence-corrected chi connectivity index (χ1v) is 5.61.